The average Bonchev–Trinajstić information content (AvgIpc) is 3.94. The molecule has 3 heterocycles. The molecule has 0 atom stereocenters. The quantitative estimate of drug-likeness (QED) is 0.171. The van der Waals surface area contributed by atoms with Gasteiger partial charge in [0.25, 0.3) is 0 Å². The molecular weight excluding hydrogens is 673 g/mol. The van der Waals surface area contributed by atoms with Crippen LogP contribution in [0.15, 0.2) is 195 Å². The predicted octanol–water partition coefficient (Wildman–Crippen LogP) is 15.2. The van der Waals surface area contributed by atoms with Gasteiger partial charge in [0.1, 0.15) is 33.7 Å². The van der Waals surface area contributed by atoms with Crippen molar-refractivity contribution in [2.75, 3.05) is 0 Å². The van der Waals surface area contributed by atoms with Crippen molar-refractivity contribution in [2.45, 2.75) is 0 Å². The van der Waals surface area contributed by atoms with Crippen molar-refractivity contribution in [3.8, 4) is 44.7 Å². The van der Waals surface area contributed by atoms with Crippen LogP contribution in [0.1, 0.15) is 0 Å². The maximum absolute atomic E-state index is 6.96. The molecule has 0 aliphatic carbocycles. The van der Waals surface area contributed by atoms with Crippen LogP contribution in [0.5, 0.6) is 0 Å². The zero-order valence-corrected chi connectivity index (χ0v) is 29.5. The van der Waals surface area contributed by atoms with Gasteiger partial charge in [-0.15, -0.1) is 0 Å². The Kier molecular flexibility index (Phi) is 6.34. The molecule has 12 aromatic rings. The van der Waals surface area contributed by atoms with E-state index in [9.17, 15) is 0 Å². The Morgan fingerprint density at radius 1 is 0.273 bits per heavy atom. The summed E-state index contributed by atoms with van der Waals surface area (Å²) in [5.74, 6) is 0.854. The summed E-state index contributed by atoms with van der Waals surface area (Å²) in [5.41, 5.74) is 12.2. The topological polar surface area (TPSA) is 39.4 Å². The van der Waals surface area contributed by atoms with Crippen molar-refractivity contribution >= 4 is 76.4 Å². The van der Waals surface area contributed by atoms with Crippen molar-refractivity contribution in [3.63, 3.8) is 0 Å². The number of rotatable bonds is 4. The average molecular weight is 703 g/mol. The van der Waals surface area contributed by atoms with Crippen molar-refractivity contribution in [3.05, 3.63) is 182 Å². The summed E-state index contributed by atoms with van der Waals surface area (Å²) in [7, 11) is 0. The first-order chi connectivity index (χ1) is 27.3. The molecule has 0 unspecified atom stereocenters. The molecule has 256 valence electrons. The Balaban J connectivity index is 1.15. The summed E-state index contributed by atoms with van der Waals surface area (Å²) in [4.78, 5) is 0. The van der Waals surface area contributed by atoms with Gasteiger partial charge in [-0.05, 0) is 85.8 Å². The van der Waals surface area contributed by atoms with Crippen LogP contribution >= 0.6 is 0 Å². The van der Waals surface area contributed by atoms with Gasteiger partial charge < -0.3 is 13.3 Å². The molecular formula is C52H30O3. The fraction of sp³-hybridized carbons (Fsp3) is 0. The van der Waals surface area contributed by atoms with Gasteiger partial charge in [0.15, 0.2) is 0 Å². The fourth-order valence-electron chi connectivity index (χ4n) is 8.97. The van der Waals surface area contributed by atoms with Gasteiger partial charge in [-0.1, -0.05) is 146 Å². The Bertz CT molecular complexity index is 3420. The van der Waals surface area contributed by atoms with Crippen LogP contribution in [0, 0.1) is 0 Å². The summed E-state index contributed by atoms with van der Waals surface area (Å²) < 4.78 is 19.9. The zero-order chi connectivity index (χ0) is 36.0. The molecule has 0 fully saturated rings. The van der Waals surface area contributed by atoms with Gasteiger partial charge >= 0.3 is 0 Å². The molecule has 0 saturated heterocycles. The summed E-state index contributed by atoms with van der Waals surface area (Å²) in [6.07, 6.45) is 0. The number of furan rings is 3. The molecule has 12 rings (SSSR count). The first-order valence-corrected chi connectivity index (χ1v) is 18.7. The van der Waals surface area contributed by atoms with Crippen LogP contribution in [-0.2, 0) is 0 Å². The van der Waals surface area contributed by atoms with E-state index in [1.165, 1.54) is 38.2 Å². The van der Waals surface area contributed by atoms with E-state index < -0.39 is 0 Å². The molecule has 3 aromatic heterocycles. The van der Waals surface area contributed by atoms with Crippen molar-refractivity contribution in [1.82, 2.24) is 0 Å². The molecule has 3 heteroatoms. The number of para-hydroxylation sites is 1. The van der Waals surface area contributed by atoms with E-state index in [1.54, 1.807) is 0 Å². The Labute approximate surface area is 315 Å². The van der Waals surface area contributed by atoms with Gasteiger partial charge in [-0.3, -0.25) is 0 Å². The number of hydrogen-bond donors (Lipinski definition) is 0. The largest absolute Gasteiger partial charge is 0.456 e. The van der Waals surface area contributed by atoms with E-state index >= 15 is 0 Å². The summed E-state index contributed by atoms with van der Waals surface area (Å²) >= 11 is 0. The van der Waals surface area contributed by atoms with Gasteiger partial charge in [0, 0.05) is 32.7 Å². The highest BCUT2D eigenvalue weighted by atomic mass is 16.3. The lowest BCUT2D eigenvalue weighted by Crippen LogP contribution is -1.91. The minimum Gasteiger partial charge on any atom is -0.456 e. The van der Waals surface area contributed by atoms with E-state index in [4.69, 9.17) is 13.3 Å². The number of hydrogen-bond acceptors (Lipinski definition) is 3. The second kappa shape index (κ2) is 11.6. The Hall–Kier alpha value is -7.36. The lowest BCUT2D eigenvalue weighted by Gasteiger charge is -2.18. The maximum Gasteiger partial charge on any atom is 0.147 e. The fourth-order valence-corrected chi connectivity index (χ4v) is 8.97. The standard InChI is InChI=1S/C52H30O3/c1-3-14-31(15-4-1)47-40-27-29-45-50(52(40)55-51(47)32-16-5-2-6-17-32)41-30-33(26-28-43(41)54-45)46-34-18-7-9-20-36(34)48(37-21-10-8-19-35(37)46)39-23-13-25-44-49(39)38-22-11-12-24-42(38)53-44/h1-30H. The third kappa shape index (κ3) is 4.38. The van der Waals surface area contributed by atoms with Crippen LogP contribution in [0.25, 0.3) is 121 Å². The monoisotopic (exact) mass is 702 g/mol. The first-order valence-electron chi connectivity index (χ1n) is 18.7. The molecule has 0 N–H and O–H groups in total. The number of benzene rings is 9. The van der Waals surface area contributed by atoms with Gasteiger partial charge in [0.05, 0.1) is 5.39 Å². The van der Waals surface area contributed by atoms with Crippen molar-refractivity contribution in [1.29, 1.82) is 0 Å². The normalized spacial score (nSPS) is 12.0. The summed E-state index contributed by atoms with van der Waals surface area (Å²) in [6.45, 7) is 0. The van der Waals surface area contributed by atoms with Gasteiger partial charge in [-0.25, -0.2) is 0 Å². The van der Waals surface area contributed by atoms with Gasteiger partial charge in [-0.2, -0.15) is 0 Å². The molecule has 3 nitrogen and oxygen atoms in total. The molecule has 0 amide bonds. The highest BCUT2D eigenvalue weighted by Gasteiger charge is 2.24. The highest BCUT2D eigenvalue weighted by Crippen LogP contribution is 2.49. The maximum atomic E-state index is 6.96. The Morgan fingerprint density at radius 3 is 1.53 bits per heavy atom. The lowest BCUT2D eigenvalue weighted by molar-refractivity contribution is 0.634. The van der Waals surface area contributed by atoms with E-state index in [1.807, 2.05) is 12.1 Å². The molecule has 0 bridgehead atoms. The molecule has 0 spiro atoms. The lowest BCUT2D eigenvalue weighted by atomic mass is 9.84. The van der Waals surface area contributed by atoms with Crippen molar-refractivity contribution in [2.24, 2.45) is 0 Å². The molecule has 55 heavy (non-hydrogen) atoms. The van der Waals surface area contributed by atoms with Crippen LogP contribution in [0.2, 0.25) is 0 Å². The minimum absolute atomic E-state index is 0.804. The Morgan fingerprint density at radius 2 is 0.818 bits per heavy atom. The SMILES string of the molecule is c1ccc(-c2oc3c(ccc4oc5ccc(-c6c7ccccc7c(-c7cccc8oc9ccccc9c78)c7ccccc67)cc5c43)c2-c2ccccc2)cc1. The second-order valence-electron chi connectivity index (χ2n) is 14.3. The zero-order valence-electron chi connectivity index (χ0n) is 29.5. The van der Waals surface area contributed by atoms with E-state index in [0.717, 1.165) is 82.9 Å². The molecule has 0 aliphatic rings. The summed E-state index contributed by atoms with van der Waals surface area (Å²) in [5, 5.41) is 10.1. The van der Waals surface area contributed by atoms with Crippen LogP contribution in [0.3, 0.4) is 0 Å². The van der Waals surface area contributed by atoms with Crippen LogP contribution in [-0.4, -0.2) is 0 Å². The minimum atomic E-state index is 0.804. The third-order valence-corrected chi connectivity index (χ3v) is 11.3. The van der Waals surface area contributed by atoms with E-state index in [-0.39, 0.29) is 0 Å². The highest BCUT2D eigenvalue weighted by molar-refractivity contribution is 6.27. The summed E-state index contributed by atoms with van der Waals surface area (Å²) in [6, 6.07) is 64.1. The van der Waals surface area contributed by atoms with Crippen LogP contribution < -0.4 is 0 Å². The van der Waals surface area contributed by atoms with Gasteiger partial charge in [0.2, 0.25) is 0 Å². The number of fused-ring (bicyclic) bond motifs is 10. The third-order valence-electron chi connectivity index (χ3n) is 11.3. The molecule has 0 saturated carbocycles. The van der Waals surface area contributed by atoms with E-state index in [0.29, 0.717) is 0 Å². The predicted molar refractivity (Wildman–Crippen MR) is 228 cm³/mol. The first kappa shape index (κ1) is 30.1. The second-order valence-corrected chi connectivity index (χ2v) is 14.3. The smallest absolute Gasteiger partial charge is 0.147 e. The molecule has 0 radical (unpaired) electrons. The van der Waals surface area contributed by atoms with E-state index in [2.05, 4.69) is 170 Å². The molecule has 9 aromatic carbocycles. The molecule has 0 aliphatic heterocycles. The van der Waals surface area contributed by atoms with Crippen molar-refractivity contribution < 1.29 is 13.3 Å². The van der Waals surface area contributed by atoms with Crippen LogP contribution in [0.4, 0.5) is 0 Å².